The first-order chi connectivity index (χ1) is 8.66. The molecule has 0 aliphatic carbocycles. The standard InChI is InChI=1S/C12H15FN2O3/c13-10-1-2-12(15(16)17)11(7-10)14-8-9-3-5-18-6-4-9/h1-2,7,9,14H,3-6,8H2. The number of nitrogens with zero attached hydrogens (tertiary/aromatic N) is 1. The van der Waals surface area contributed by atoms with Crippen molar-refractivity contribution in [2.75, 3.05) is 25.1 Å². The van der Waals surface area contributed by atoms with Crippen LogP contribution in [0.4, 0.5) is 15.8 Å². The van der Waals surface area contributed by atoms with Gasteiger partial charge in [0.1, 0.15) is 11.5 Å². The molecule has 1 saturated heterocycles. The van der Waals surface area contributed by atoms with Crippen molar-refractivity contribution in [2.45, 2.75) is 12.8 Å². The predicted molar refractivity (Wildman–Crippen MR) is 65.1 cm³/mol. The van der Waals surface area contributed by atoms with E-state index in [-0.39, 0.29) is 11.4 Å². The van der Waals surface area contributed by atoms with E-state index in [2.05, 4.69) is 5.32 Å². The smallest absolute Gasteiger partial charge is 0.292 e. The first-order valence-corrected chi connectivity index (χ1v) is 5.92. The van der Waals surface area contributed by atoms with Crippen LogP contribution in [0.15, 0.2) is 18.2 Å². The zero-order chi connectivity index (χ0) is 13.0. The molecule has 0 amide bonds. The summed E-state index contributed by atoms with van der Waals surface area (Å²) in [5, 5.41) is 13.8. The van der Waals surface area contributed by atoms with E-state index in [4.69, 9.17) is 4.74 Å². The number of anilines is 1. The van der Waals surface area contributed by atoms with Crippen LogP contribution in [0.5, 0.6) is 0 Å². The molecule has 1 N–H and O–H groups in total. The van der Waals surface area contributed by atoms with Crippen molar-refractivity contribution in [3.63, 3.8) is 0 Å². The molecule has 6 heteroatoms. The minimum Gasteiger partial charge on any atom is -0.381 e. The third kappa shape index (κ3) is 3.16. The van der Waals surface area contributed by atoms with Gasteiger partial charge in [-0.1, -0.05) is 0 Å². The number of rotatable bonds is 4. The van der Waals surface area contributed by atoms with E-state index in [1.165, 1.54) is 6.07 Å². The predicted octanol–water partition coefficient (Wildman–Crippen LogP) is 2.57. The van der Waals surface area contributed by atoms with Crippen LogP contribution in [-0.4, -0.2) is 24.7 Å². The molecular weight excluding hydrogens is 239 g/mol. The molecule has 98 valence electrons. The van der Waals surface area contributed by atoms with Crippen molar-refractivity contribution in [2.24, 2.45) is 5.92 Å². The highest BCUT2D eigenvalue weighted by atomic mass is 19.1. The summed E-state index contributed by atoms with van der Waals surface area (Å²) in [6, 6.07) is 3.44. The van der Waals surface area contributed by atoms with Gasteiger partial charge in [0.25, 0.3) is 5.69 Å². The maximum Gasteiger partial charge on any atom is 0.292 e. The van der Waals surface area contributed by atoms with E-state index in [1.54, 1.807) is 0 Å². The van der Waals surface area contributed by atoms with E-state index in [9.17, 15) is 14.5 Å². The summed E-state index contributed by atoms with van der Waals surface area (Å²) in [5.41, 5.74) is 0.148. The average molecular weight is 254 g/mol. The van der Waals surface area contributed by atoms with Crippen LogP contribution in [0.25, 0.3) is 0 Å². The van der Waals surface area contributed by atoms with E-state index in [1.807, 2.05) is 0 Å². The molecule has 1 heterocycles. The Labute approximate surface area is 104 Å². The normalized spacial score (nSPS) is 16.5. The molecule has 1 aromatic carbocycles. The summed E-state index contributed by atoms with van der Waals surface area (Å²) >= 11 is 0. The molecule has 0 unspecified atom stereocenters. The second kappa shape index (κ2) is 5.77. The van der Waals surface area contributed by atoms with Crippen LogP contribution in [0, 0.1) is 21.8 Å². The molecule has 0 atom stereocenters. The quantitative estimate of drug-likeness (QED) is 0.662. The lowest BCUT2D eigenvalue weighted by atomic mass is 10.0. The number of nitro groups is 1. The number of halogens is 1. The van der Waals surface area contributed by atoms with Crippen LogP contribution >= 0.6 is 0 Å². The van der Waals surface area contributed by atoms with Gasteiger partial charge in [0, 0.05) is 31.9 Å². The molecular formula is C12H15FN2O3. The maximum atomic E-state index is 13.1. The lowest BCUT2D eigenvalue weighted by Crippen LogP contribution is -2.22. The first kappa shape index (κ1) is 12.8. The Hall–Kier alpha value is -1.69. The summed E-state index contributed by atoms with van der Waals surface area (Å²) in [5.74, 6) is -0.0586. The van der Waals surface area contributed by atoms with Gasteiger partial charge in [-0.05, 0) is 24.8 Å². The van der Waals surface area contributed by atoms with E-state index in [0.29, 0.717) is 12.5 Å². The van der Waals surface area contributed by atoms with Crippen molar-refractivity contribution in [1.82, 2.24) is 0 Å². The van der Waals surface area contributed by atoms with Gasteiger partial charge < -0.3 is 10.1 Å². The fourth-order valence-corrected chi connectivity index (χ4v) is 2.01. The van der Waals surface area contributed by atoms with Gasteiger partial charge in [0.05, 0.1) is 4.92 Å². The van der Waals surface area contributed by atoms with E-state index >= 15 is 0 Å². The molecule has 0 radical (unpaired) electrons. The Morgan fingerprint density at radius 1 is 1.44 bits per heavy atom. The van der Waals surface area contributed by atoms with Gasteiger partial charge in [0.15, 0.2) is 0 Å². The summed E-state index contributed by atoms with van der Waals surface area (Å²) < 4.78 is 18.3. The minimum absolute atomic E-state index is 0.0940. The van der Waals surface area contributed by atoms with Crippen LogP contribution in [0.2, 0.25) is 0 Å². The summed E-state index contributed by atoms with van der Waals surface area (Å²) in [4.78, 5) is 10.3. The van der Waals surface area contributed by atoms with Crippen LogP contribution in [-0.2, 0) is 4.74 Å². The SMILES string of the molecule is O=[N+]([O-])c1ccc(F)cc1NCC1CCOCC1. The van der Waals surface area contributed by atoms with E-state index in [0.717, 1.165) is 38.2 Å². The third-order valence-electron chi connectivity index (χ3n) is 3.08. The lowest BCUT2D eigenvalue weighted by Gasteiger charge is -2.22. The number of benzene rings is 1. The molecule has 1 aromatic rings. The molecule has 18 heavy (non-hydrogen) atoms. The Morgan fingerprint density at radius 2 is 2.17 bits per heavy atom. The Kier molecular flexibility index (Phi) is 4.09. The van der Waals surface area contributed by atoms with Crippen LogP contribution < -0.4 is 5.32 Å². The highest BCUT2D eigenvalue weighted by Crippen LogP contribution is 2.26. The Bertz CT molecular complexity index is 433. The fraction of sp³-hybridized carbons (Fsp3) is 0.500. The second-order valence-electron chi connectivity index (χ2n) is 4.36. The topological polar surface area (TPSA) is 64.4 Å². The number of hydrogen-bond acceptors (Lipinski definition) is 4. The van der Waals surface area contributed by atoms with Gasteiger partial charge >= 0.3 is 0 Å². The molecule has 0 bridgehead atoms. The summed E-state index contributed by atoms with van der Waals surface area (Å²) in [6.07, 6.45) is 1.85. The second-order valence-corrected chi connectivity index (χ2v) is 4.36. The van der Waals surface area contributed by atoms with Gasteiger partial charge in [-0.15, -0.1) is 0 Å². The van der Waals surface area contributed by atoms with Crippen molar-refractivity contribution < 1.29 is 14.1 Å². The maximum absolute atomic E-state index is 13.1. The fourth-order valence-electron chi connectivity index (χ4n) is 2.01. The van der Waals surface area contributed by atoms with Gasteiger partial charge in [-0.25, -0.2) is 4.39 Å². The lowest BCUT2D eigenvalue weighted by molar-refractivity contribution is -0.384. The van der Waals surface area contributed by atoms with Crippen molar-refractivity contribution >= 4 is 11.4 Å². The Morgan fingerprint density at radius 3 is 2.83 bits per heavy atom. The number of ether oxygens (including phenoxy) is 1. The summed E-state index contributed by atoms with van der Waals surface area (Å²) in [7, 11) is 0. The molecule has 1 aliphatic heterocycles. The Balaban J connectivity index is 2.03. The number of nitro benzene ring substituents is 1. The molecule has 0 saturated carbocycles. The van der Waals surface area contributed by atoms with E-state index < -0.39 is 10.7 Å². The third-order valence-corrected chi connectivity index (χ3v) is 3.08. The monoisotopic (exact) mass is 254 g/mol. The number of nitrogens with one attached hydrogen (secondary N) is 1. The number of hydrogen-bond donors (Lipinski definition) is 1. The molecule has 0 spiro atoms. The van der Waals surface area contributed by atoms with Crippen molar-refractivity contribution in [1.29, 1.82) is 0 Å². The molecule has 5 nitrogen and oxygen atoms in total. The highest BCUT2D eigenvalue weighted by molar-refractivity contribution is 5.61. The van der Waals surface area contributed by atoms with Crippen LogP contribution in [0.3, 0.4) is 0 Å². The highest BCUT2D eigenvalue weighted by Gasteiger charge is 2.17. The summed E-state index contributed by atoms with van der Waals surface area (Å²) in [6.45, 7) is 2.04. The molecule has 1 fully saturated rings. The zero-order valence-electron chi connectivity index (χ0n) is 9.89. The molecule has 0 aromatic heterocycles. The largest absolute Gasteiger partial charge is 0.381 e. The first-order valence-electron chi connectivity index (χ1n) is 5.92. The van der Waals surface area contributed by atoms with Gasteiger partial charge in [-0.3, -0.25) is 10.1 Å². The molecule has 1 aliphatic rings. The van der Waals surface area contributed by atoms with Crippen LogP contribution in [0.1, 0.15) is 12.8 Å². The van der Waals surface area contributed by atoms with Gasteiger partial charge in [-0.2, -0.15) is 0 Å². The van der Waals surface area contributed by atoms with Crippen molar-refractivity contribution in [3.05, 3.63) is 34.1 Å². The molecule has 2 rings (SSSR count). The van der Waals surface area contributed by atoms with Gasteiger partial charge in [0.2, 0.25) is 0 Å². The average Bonchev–Trinajstić information content (AvgIpc) is 2.37. The minimum atomic E-state index is -0.508. The van der Waals surface area contributed by atoms with Crippen molar-refractivity contribution in [3.8, 4) is 0 Å². The zero-order valence-corrected chi connectivity index (χ0v) is 9.89.